The van der Waals surface area contributed by atoms with Crippen molar-refractivity contribution >= 4 is 17.9 Å². The third-order valence-corrected chi connectivity index (χ3v) is 2.12. The first kappa shape index (κ1) is 17.5. The molecular weight excluding hydrogens is 254 g/mol. The number of rotatable bonds is 7. The highest BCUT2D eigenvalue weighted by Gasteiger charge is 2.22. The molecule has 0 heterocycles. The normalized spacial score (nSPS) is 13.8. The van der Waals surface area contributed by atoms with Gasteiger partial charge in [0, 0.05) is 0 Å². The molecule has 19 heavy (non-hydrogen) atoms. The SMILES string of the molecule is CC(C)C[C@H](N)C(=O)OC[C@H](N)C(=O)OC(=O)CN. The lowest BCUT2D eigenvalue weighted by Crippen LogP contribution is -2.42. The van der Waals surface area contributed by atoms with Crippen LogP contribution in [0.25, 0.3) is 0 Å². The zero-order valence-electron chi connectivity index (χ0n) is 11.1. The minimum Gasteiger partial charge on any atom is -0.462 e. The lowest BCUT2D eigenvalue weighted by atomic mass is 10.1. The topological polar surface area (TPSA) is 148 Å². The summed E-state index contributed by atoms with van der Waals surface area (Å²) in [5.41, 5.74) is 15.9. The predicted octanol–water partition coefficient (Wildman–Crippen LogP) is -1.74. The predicted molar refractivity (Wildman–Crippen MR) is 66.5 cm³/mol. The van der Waals surface area contributed by atoms with Gasteiger partial charge in [-0.25, -0.2) is 4.79 Å². The molecule has 0 aromatic rings. The quantitative estimate of drug-likeness (QED) is 0.366. The third-order valence-electron chi connectivity index (χ3n) is 2.12. The molecule has 0 bridgehead atoms. The van der Waals surface area contributed by atoms with Crippen LogP contribution in [0.4, 0.5) is 0 Å². The van der Waals surface area contributed by atoms with Gasteiger partial charge in [-0.3, -0.25) is 9.59 Å². The summed E-state index contributed by atoms with van der Waals surface area (Å²) in [6.07, 6.45) is 0.462. The van der Waals surface area contributed by atoms with Gasteiger partial charge in [-0.05, 0) is 12.3 Å². The number of nitrogens with two attached hydrogens (primary N) is 3. The van der Waals surface area contributed by atoms with E-state index in [-0.39, 0.29) is 5.92 Å². The summed E-state index contributed by atoms with van der Waals surface area (Å²) in [6, 6.07) is -2.01. The highest BCUT2D eigenvalue weighted by atomic mass is 16.6. The second kappa shape index (κ2) is 8.57. The van der Waals surface area contributed by atoms with Gasteiger partial charge in [0.1, 0.15) is 18.7 Å². The molecule has 8 nitrogen and oxygen atoms in total. The number of esters is 3. The zero-order chi connectivity index (χ0) is 15.0. The Balaban J connectivity index is 4.08. The molecule has 0 rings (SSSR count). The minimum absolute atomic E-state index is 0.239. The summed E-state index contributed by atoms with van der Waals surface area (Å²) in [5.74, 6) is -2.31. The lowest BCUT2D eigenvalue weighted by molar-refractivity contribution is -0.161. The Hall–Kier alpha value is -1.51. The van der Waals surface area contributed by atoms with E-state index in [1.165, 1.54) is 0 Å². The van der Waals surface area contributed by atoms with Crippen LogP contribution in [0.1, 0.15) is 20.3 Å². The van der Waals surface area contributed by atoms with Crippen LogP contribution in [0, 0.1) is 5.92 Å². The molecule has 0 saturated heterocycles. The molecular formula is C11H21N3O5. The Morgan fingerprint density at radius 2 is 1.63 bits per heavy atom. The maximum atomic E-state index is 11.4. The molecule has 0 radical (unpaired) electrons. The van der Waals surface area contributed by atoms with Gasteiger partial charge in [0.2, 0.25) is 0 Å². The van der Waals surface area contributed by atoms with Crippen molar-refractivity contribution in [2.24, 2.45) is 23.1 Å². The fourth-order valence-electron chi connectivity index (χ4n) is 1.18. The van der Waals surface area contributed by atoms with Crippen molar-refractivity contribution in [1.29, 1.82) is 0 Å². The van der Waals surface area contributed by atoms with E-state index >= 15 is 0 Å². The molecule has 0 fully saturated rings. The van der Waals surface area contributed by atoms with Crippen molar-refractivity contribution in [2.45, 2.75) is 32.4 Å². The summed E-state index contributed by atoms with van der Waals surface area (Å²) >= 11 is 0. The Morgan fingerprint density at radius 3 is 2.11 bits per heavy atom. The molecule has 0 spiro atoms. The highest BCUT2D eigenvalue weighted by Crippen LogP contribution is 2.04. The molecule has 0 unspecified atom stereocenters. The molecule has 0 aliphatic carbocycles. The van der Waals surface area contributed by atoms with Crippen molar-refractivity contribution in [1.82, 2.24) is 0 Å². The summed E-state index contributed by atoms with van der Waals surface area (Å²) in [5, 5.41) is 0. The van der Waals surface area contributed by atoms with E-state index in [4.69, 9.17) is 21.9 Å². The molecule has 8 heteroatoms. The Labute approximate surface area is 111 Å². The molecule has 2 atom stereocenters. The van der Waals surface area contributed by atoms with Crippen LogP contribution in [0.5, 0.6) is 0 Å². The van der Waals surface area contributed by atoms with Gasteiger partial charge in [-0.1, -0.05) is 13.8 Å². The molecule has 0 aromatic heterocycles. The van der Waals surface area contributed by atoms with E-state index in [1.807, 2.05) is 13.8 Å². The summed E-state index contributed by atoms with van der Waals surface area (Å²) in [4.78, 5) is 33.4. The average molecular weight is 275 g/mol. The van der Waals surface area contributed by atoms with E-state index in [2.05, 4.69) is 4.74 Å². The van der Waals surface area contributed by atoms with Crippen LogP contribution >= 0.6 is 0 Å². The molecule has 0 saturated carbocycles. The zero-order valence-corrected chi connectivity index (χ0v) is 11.1. The largest absolute Gasteiger partial charge is 0.462 e. The maximum Gasteiger partial charge on any atom is 0.334 e. The fourth-order valence-corrected chi connectivity index (χ4v) is 1.18. The Morgan fingerprint density at radius 1 is 1.05 bits per heavy atom. The number of hydrogen-bond donors (Lipinski definition) is 3. The van der Waals surface area contributed by atoms with Crippen LogP contribution < -0.4 is 17.2 Å². The second-order valence-electron chi connectivity index (χ2n) is 4.47. The number of ether oxygens (including phenoxy) is 2. The molecule has 110 valence electrons. The maximum absolute atomic E-state index is 11.4. The van der Waals surface area contributed by atoms with Gasteiger partial charge in [0.25, 0.3) is 0 Å². The molecule has 0 amide bonds. The van der Waals surface area contributed by atoms with Gasteiger partial charge >= 0.3 is 17.9 Å². The van der Waals surface area contributed by atoms with E-state index < -0.39 is 43.1 Å². The van der Waals surface area contributed by atoms with Crippen molar-refractivity contribution in [2.75, 3.05) is 13.2 Å². The van der Waals surface area contributed by atoms with E-state index in [0.717, 1.165) is 0 Å². The number of carbonyl (C=O) groups is 3. The standard InChI is InChI=1S/C11H21N3O5/c1-6(2)3-7(13)10(16)18-5-8(14)11(17)19-9(15)4-12/h6-8H,3-5,12-14H2,1-2H3/t7-,8-/m0/s1. The van der Waals surface area contributed by atoms with Crippen LogP contribution in [-0.2, 0) is 23.9 Å². The van der Waals surface area contributed by atoms with Gasteiger partial charge in [0.05, 0.1) is 6.54 Å². The summed E-state index contributed by atoms with van der Waals surface area (Å²) in [7, 11) is 0. The van der Waals surface area contributed by atoms with E-state index in [0.29, 0.717) is 6.42 Å². The monoisotopic (exact) mass is 275 g/mol. The Bertz CT molecular complexity index is 332. The van der Waals surface area contributed by atoms with Crippen molar-refractivity contribution in [3.05, 3.63) is 0 Å². The van der Waals surface area contributed by atoms with Crippen molar-refractivity contribution in [3.63, 3.8) is 0 Å². The van der Waals surface area contributed by atoms with Gasteiger partial charge in [-0.2, -0.15) is 0 Å². The van der Waals surface area contributed by atoms with E-state index in [9.17, 15) is 14.4 Å². The first-order valence-electron chi connectivity index (χ1n) is 5.90. The van der Waals surface area contributed by atoms with Crippen LogP contribution in [-0.4, -0.2) is 43.1 Å². The molecule has 0 aliphatic rings. The summed E-state index contributed by atoms with van der Waals surface area (Å²) < 4.78 is 9.04. The fraction of sp³-hybridized carbons (Fsp3) is 0.727. The molecule has 0 aromatic carbocycles. The Kier molecular flexibility index (Phi) is 7.89. The van der Waals surface area contributed by atoms with Crippen LogP contribution in [0.15, 0.2) is 0 Å². The van der Waals surface area contributed by atoms with Crippen LogP contribution in [0.3, 0.4) is 0 Å². The van der Waals surface area contributed by atoms with Crippen LogP contribution in [0.2, 0.25) is 0 Å². The smallest absolute Gasteiger partial charge is 0.334 e. The number of carbonyl (C=O) groups excluding carboxylic acids is 3. The minimum atomic E-state index is -1.24. The van der Waals surface area contributed by atoms with Gasteiger partial charge in [0.15, 0.2) is 0 Å². The first-order valence-corrected chi connectivity index (χ1v) is 5.90. The molecule has 0 aliphatic heterocycles. The van der Waals surface area contributed by atoms with Gasteiger partial charge < -0.3 is 26.7 Å². The third kappa shape index (κ3) is 7.50. The van der Waals surface area contributed by atoms with Crippen molar-refractivity contribution in [3.8, 4) is 0 Å². The second-order valence-corrected chi connectivity index (χ2v) is 4.47. The molecule has 6 N–H and O–H groups in total. The number of hydrogen-bond acceptors (Lipinski definition) is 8. The summed E-state index contributed by atoms with van der Waals surface area (Å²) in [6.45, 7) is 2.99. The van der Waals surface area contributed by atoms with Crippen molar-refractivity contribution < 1.29 is 23.9 Å². The van der Waals surface area contributed by atoms with Gasteiger partial charge in [-0.15, -0.1) is 0 Å². The first-order chi connectivity index (χ1) is 8.77. The average Bonchev–Trinajstić information content (AvgIpc) is 2.34. The van der Waals surface area contributed by atoms with E-state index in [1.54, 1.807) is 0 Å². The lowest BCUT2D eigenvalue weighted by Gasteiger charge is -2.15. The highest BCUT2D eigenvalue weighted by molar-refractivity contribution is 5.89.